The Hall–Kier alpha value is -1.29. The maximum atomic E-state index is 12.6. The van der Waals surface area contributed by atoms with Crippen LogP contribution in [0.5, 0.6) is 0 Å². The van der Waals surface area contributed by atoms with Gasteiger partial charge in [-0.15, -0.1) is 0 Å². The Balaban J connectivity index is 5.73. The van der Waals surface area contributed by atoms with Crippen molar-refractivity contribution in [3.8, 4) is 6.07 Å². The van der Waals surface area contributed by atoms with Gasteiger partial charge in [-0.25, -0.2) is 0 Å². The molecule has 176 valence electrons. The number of nitrogens with zero attached hydrogens (tertiary/aromatic N) is 1. The van der Waals surface area contributed by atoms with Crippen LogP contribution in [0.4, 0.5) is 0 Å². The van der Waals surface area contributed by atoms with Crippen LogP contribution in [0.2, 0.25) is 17.7 Å². The number of unbranched alkanes of at least 4 members (excludes halogenated alkanes) is 3. The van der Waals surface area contributed by atoms with E-state index < -0.39 is 35.7 Å². The van der Waals surface area contributed by atoms with E-state index in [1.54, 1.807) is 0 Å². The molecule has 6 heteroatoms. The summed E-state index contributed by atoms with van der Waals surface area (Å²) in [5.41, 5.74) is -1.40. The molecule has 0 heterocycles. The van der Waals surface area contributed by atoms with Crippen LogP contribution in [0, 0.1) is 16.7 Å². The molecule has 0 bridgehead atoms. The zero-order valence-electron chi connectivity index (χ0n) is 20.4. The Morgan fingerprint density at radius 1 is 0.935 bits per heavy atom. The number of hydrogen-bond donors (Lipinski definition) is 0. The number of hydrogen-bond acceptors (Lipinski definition) is 5. The summed E-state index contributed by atoms with van der Waals surface area (Å²) < 4.78 is 15.2. The minimum absolute atomic E-state index is 0.0941. The zero-order valence-corrected chi connectivity index (χ0v) is 23.3. The zero-order chi connectivity index (χ0) is 23.8. The average Bonchev–Trinajstić information content (AvgIpc) is 2.80. The van der Waals surface area contributed by atoms with Gasteiger partial charge in [-0.05, 0) is 0 Å². The van der Waals surface area contributed by atoms with E-state index in [1.807, 2.05) is 12.1 Å². The molecule has 0 atom stereocenters. The predicted molar refractivity (Wildman–Crippen MR) is 129 cm³/mol. The third-order valence-corrected chi connectivity index (χ3v) is 21.4. The normalized spacial score (nSPS) is 11.9. The quantitative estimate of drug-likeness (QED) is 0.0685. The van der Waals surface area contributed by atoms with Crippen LogP contribution in [-0.4, -0.2) is 44.5 Å². The van der Waals surface area contributed by atoms with Crippen molar-refractivity contribution in [3.05, 3.63) is 24.3 Å². The fraction of sp³-hybridized carbons (Fsp3) is 0.720. The average molecular weight is 540 g/mol. The summed E-state index contributed by atoms with van der Waals surface area (Å²) in [4.78, 5) is 25.2. The molecule has 0 rings (SSSR count). The van der Waals surface area contributed by atoms with Crippen molar-refractivity contribution in [2.45, 2.75) is 89.9 Å². The molecule has 0 aromatic heterocycles. The molecule has 0 aromatic carbocycles. The van der Waals surface area contributed by atoms with E-state index in [4.69, 9.17) is 14.7 Å². The van der Waals surface area contributed by atoms with Crippen LogP contribution in [0.3, 0.4) is 0 Å². The van der Waals surface area contributed by atoms with Crippen molar-refractivity contribution in [2.24, 2.45) is 5.41 Å². The third-order valence-electron chi connectivity index (χ3n) is 6.19. The number of methoxy groups -OCH3 is 2. The fourth-order valence-corrected chi connectivity index (χ4v) is 19.5. The molecule has 0 amide bonds. The van der Waals surface area contributed by atoms with Crippen molar-refractivity contribution < 1.29 is 19.1 Å². The number of ether oxygens (including phenoxy) is 2. The second-order valence-corrected chi connectivity index (χ2v) is 22.7. The summed E-state index contributed by atoms with van der Waals surface area (Å²) in [6, 6.07) is 1.94. The van der Waals surface area contributed by atoms with Gasteiger partial charge < -0.3 is 0 Å². The van der Waals surface area contributed by atoms with Gasteiger partial charge in [0, 0.05) is 0 Å². The van der Waals surface area contributed by atoms with E-state index in [0.717, 1.165) is 4.44 Å². The monoisotopic (exact) mass is 541 g/mol. The molecule has 0 unspecified atom stereocenters. The molecule has 0 radical (unpaired) electrons. The molecule has 0 spiro atoms. The van der Waals surface area contributed by atoms with Gasteiger partial charge in [-0.2, -0.15) is 0 Å². The number of esters is 2. The van der Waals surface area contributed by atoms with Gasteiger partial charge in [0.25, 0.3) is 0 Å². The van der Waals surface area contributed by atoms with E-state index in [1.165, 1.54) is 66.1 Å². The van der Waals surface area contributed by atoms with Crippen LogP contribution >= 0.6 is 0 Å². The number of allylic oxidation sites excluding steroid dienone is 3. The van der Waals surface area contributed by atoms with Crippen LogP contribution in [-0.2, 0) is 19.1 Å². The summed E-state index contributed by atoms with van der Waals surface area (Å²) in [5, 5.41) is 9.17. The van der Waals surface area contributed by atoms with E-state index >= 15 is 0 Å². The summed E-state index contributed by atoms with van der Waals surface area (Å²) in [6.07, 6.45) is 11.8. The molecule has 5 nitrogen and oxygen atoms in total. The summed E-state index contributed by atoms with van der Waals surface area (Å²) in [6.45, 7) is 10.4. The number of nitriles is 1. The van der Waals surface area contributed by atoms with Crippen molar-refractivity contribution >= 4 is 30.3 Å². The Morgan fingerprint density at radius 2 is 1.39 bits per heavy atom. The second kappa shape index (κ2) is 16.4. The van der Waals surface area contributed by atoms with Gasteiger partial charge in [0.1, 0.15) is 0 Å². The summed E-state index contributed by atoms with van der Waals surface area (Å²) in [5.74, 6) is -1.36. The van der Waals surface area contributed by atoms with Gasteiger partial charge in [0.2, 0.25) is 0 Å². The first-order valence-corrected chi connectivity index (χ1v) is 19.8. The van der Waals surface area contributed by atoms with Gasteiger partial charge in [0.15, 0.2) is 0 Å². The first-order chi connectivity index (χ1) is 14.8. The number of rotatable bonds is 17. The second-order valence-electron chi connectivity index (χ2n) is 8.65. The molecule has 0 N–H and O–H groups in total. The molecule has 0 saturated carbocycles. The number of carbonyl (C=O) groups is 2. The SMILES string of the molecule is C=C(C#N)CC(C/C=C/[CH2][Sn]([CH2]CCC)([CH2]CCC)[CH2]CCC)(C(=O)OC)C(=O)OC. The first kappa shape index (κ1) is 29.7. The Bertz CT molecular complexity index is 598. The van der Waals surface area contributed by atoms with Crippen molar-refractivity contribution in [3.63, 3.8) is 0 Å². The van der Waals surface area contributed by atoms with Gasteiger partial charge in [-0.3, -0.25) is 0 Å². The van der Waals surface area contributed by atoms with Crippen LogP contribution < -0.4 is 0 Å². The minimum atomic E-state index is -2.33. The topological polar surface area (TPSA) is 76.4 Å². The van der Waals surface area contributed by atoms with Crippen molar-refractivity contribution in [1.82, 2.24) is 0 Å². The molecule has 0 aliphatic rings. The van der Waals surface area contributed by atoms with Gasteiger partial charge in [-0.1, -0.05) is 0 Å². The van der Waals surface area contributed by atoms with E-state index in [-0.39, 0.29) is 18.4 Å². The third kappa shape index (κ3) is 9.80. The Kier molecular flexibility index (Phi) is 15.7. The van der Waals surface area contributed by atoms with Gasteiger partial charge >= 0.3 is 195 Å². The fourth-order valence-electron chi connectivity index (χ4n) is 4.22. The summed E-state index contributed by atoms with van der Waals surface area (Å²) >= 11 is -2.33. The van der Waals surface area contributed by atoms with Crippen LogP contribution in [0.1, 0.15) is 72.1 Å². The van der Waals surface area contributed by atoms with E-state index in [2.05, 4.69) is 33.4 Å². The van der Waals surface area contributed by atoms with Gasteiger partial charge in [0.05, 0.1) is 0 Å². The Morgan fingerprint density at radius 3 is 1.74 bits per heavy atom. The molecule has 0 aliphatic heterocycles. The molecule has 31 heavy (non-hydrogen) atoms. The van der Waals surface area contributed by atoms with Crippen LogP contribution in [0.15, 0.2) is 24.3 Å². The maximum absolute atomic E-state index is 12.6. The molecule has 0 fully saturated rings. The van der Waals surface area contributed by atoms with E-state index in [0.29, 0.717) is 0 Å². The molecular weight excluding hydrogens is 497 g/mol. The van der Waals surface area contributed by atoms with Crippen LogP contribution in [0.25, 0.3) is 0 Å². The predicted octanol–water partition coefficient (Wildman–Crippen LogP) is 6.58. The summed E-state index contributed by atoms with van der Waals surface area (Å²) in [7, 11) is 2.50. The molecular formula is C25H43NO4Sn. The molecule has 0 aliphatic carbocycles. The standard InChI is InChI=1S/C13H16NO4.3C4H9.Sn/c1-5-6-7-13(11(15)17-3,12(16)18-4)8-10(2)9-14;3*1-3-4-2;/h5-6H,1-2,7-8H2,3-4H3;3*1,3-4H2,2H3;/b6-5+;;;;. The molecule has 0 saturated heterocycles. The van der Waals surface area contributed by atoms with E-state index in [9.17, 15) is 9.59 Å². The van der Waals surface area contributed by atoms with Crippen molar-refractivity contribution in [2.75, 3.05) is 14.2 Å². The number of carbonyl (C=O) groups excluding carboxylic acids is 2. The molecule has 0 aromatic rings. The first-order valence-electron chi connectivity index (χ1n) is 11.7. The Labute approximate surface area is 194 Å². The van der Waals surface area contributed by atoms with Crippen molar-refractivity contribution in [1.29, 1.82) is 5.26 Å².